The van der Waals surface area contributed by atoms with Crippen molar-refractivity contribution in [2.75, 3.05) is 24.2 Å². The molecule has 182 valence electrons. The first-order valence-corrected chi connectivity index (χ1v) is 12.2. The summed E-state index contributed by atoms with van der Waals surface area (Å²) in [5.41, 5.74) is 15.4. The number of nitrogens with one attached hydrogen (secondary N) is 3. The molecule has 5 rings (SSSR count). The van der Waals surface area contributed by atoms with E-state index < -0.39 is 0 Å². The van der Waals surface area contributed by atoms with E-state index in [4.69, 9.17) is 10.5 Å². The third-order valence-corrected chi connectivity index (χ3v) is 6.42. The van der Waals surface area contributed by atoms with Gasteiger partial charge in [0.05, 0.1) is 17.6 Å². The van der Waals surface area contributed by atoms with Crippen LogP contribution in [0, 0.1) is 13.8 Å². The average Bonchev–Trinajstić information content (AvgIpc) is 3.39. The Kier molecular flexibility index (Phi) is 6.87. The van der Waals surface area contributed by atoms with E-state index in [9.17, 15) is 0 Å². The minimum atomic E-state index is 0.596. The maximum Gasteiger partial charge on any atom is 0.119 e. The lowest BCUT2D eigenvalue weighted by atomic mass is 10.0. The van der Waals surface area contributed by atoms with Crippen molar-refractivity contribution >= 4 is 28.0 Å². The lowest BCUT2D eigenvalue weighted by Gasteiger charge is -2.18. The van der Waals surface area contributed by atoms with Gasteiger partial charge in [-0.2, -0.15) is 0 Å². The normalized spacial score (nSPS) is 11.1. The number of fused-ring (bicyclic) bond motifs is 1. The number of anilines is 3. The molecule has 0 saturated heterocycles. The van der Waals surface area contributed by atoms with Gasteiger partial charge in [-0.1, -0.05) is 42.5 Å². The van der Waals surface area contributed by atoms with E-state index in [-0.39, 0.29) is 0 Å². The molecule has 36 heavy (non-hydrogen) atoms. The number of hydrogen-bond donors (Lipinski definition) is 4. The average molecular weight is 478 g/mol. The van der Waals surface area contributed by atoms with Crippen molar-refractivity contribution < 1.29 is 4.74 Å². The summed E-state index contributed by atoms with van der Waals surface area (Å²) >= 11 is 0. The summed E-state index contributed by atoms with van der Waals surface area (Å²) in [5, 5.41) is 8.18. The van der Waals surface area contributed by atoms with E-state index in [1.54, 1.807) is 6.20 Å². The van der Waals surface area contributed by atoms with E-state index in [0.717, 1.165) is 58.1 Å². The minimum Gasteiger partial charge on any atom is -0.492 e. The smallest absolute Gasteiger partial charge is 0.119 e. The molecular weight excluding hydrogens is 446 g/mol. The monoisotopic (exact) mass is 477 g/mol. The van der Waals surface area contributed by atoms with Crippen LogP contribution in [0.1, 0.15) is 16.8 Å². The quantitative estimate of drug-likeness (QED) is 0.186. The number of pyridine rings is 1. The predicted molar refractivity (Wildman–Crippen MR) is 149 cm³/mol. The lowest BCUT2D eigenvalue weighted by molar-refractivity contribution is 0.313. The molecule has 0 fully saturated rings. The number of nitrogens with two attached hydrogens (primary N) is 1. The van der Waals surface area contributed by atoms with Gasteiger partial charge in [-0.05, 0) is 60.9 Å². The maximum absolute atomic E-state index is 6.42. The molecule has 0 spiro atoms. The number of H-pyrrole nitrogens is 1. The lowest BCUT2D eigenvalue weighted by Crippen LogP contribution is -2.20. The van der Waals surface area contributed by atoms with Crippen LogP contribution < -0.4 is 21.1 Å². The van der Waals surface area contributed by atoms with E-state index in [1.165, 1.54) is 10.9 Å². The largest absolute Gasteiger partial charge is 0.492 e. The summed E-state index contributed by atoms with van der Waals surface area (Å²) in [6, 6.07) is 24.7. The Hall–Kier alpha value is -4.29. The Bertz CT molecular complexity index is 1460. The standard InChI is InChI=1S/C30H31N5O/c1-20-25-14-15-33-28(25)13-12-27(20)35-30-26(31)19-34-21(2)29(30)23-8-10-24(11-9-23)36-17-16-32-18-22-6-4-3-5-7-22/h3-15,19,32-33H,16-18,31H2,1-2H3,(H,34,35). The SMILES string of the molecule is Cc1ncc(N)c(Nc2ccc3[nH]ccc3c2C)c1-c1ccc(OCCNCc2ccccc2)cc1. The van der Waals surface area contributed by atoms with Crippen molar-refractivity contribution in [3.05, 3.63) is 102 Å². The van der Waals surface area contributed by atoms with Crippen LogP contribution in [0.15, 0.2) is 85.2 Å². The second kappa shape index (κ2) is 10.5. The number of aromatic amines is 1. The topological polar surface area (TPSA) is 88.0 Å². The summed E-state index contributed by atoms with van der Waals surface area (Å²) in [5.74, 6) is 0.832. The molecule has 0 bridgehead atoms. The molecule has 2 aromatic heterocycles. The molecule has 0 saturated carbocycles. The molecule has 0 aliphatic rings. The second-order valence-electron chi connectivity index (χ2n) is 8.89. The predicted octanol–water partition coefficient (Wildman–Crippen LogP) is 6.34. The maximum atomic E-state index is 6.42. The first kappa shape index (κ1) is 23.5. The summed E-state index contributed by atoms with van der Waals surface area (Å²) in [4.78, 5) is 7.79. The molecular formula is C30H31N5O. The van der Waals surface area contributed by atoms with Crippen molar-refractivity contribution in [2.45, 2.75) is 20.4 Å². The van der Waals surface area contributed by atoms with Gasteiger partial charge in [-0.25, -0.2) is 0 Å². The van der Waals surface area contributed by atoms with Crippen molar-refractivity contribution in [3.8, 4) is 16.9 Å². The highest BCUT2D eigenvalue weighted by atomic mass is 16.5. The van der Waals surface area contributed by atoms with Crippen LogP contribution in [0.4, 0.5) is 17.1 Å². The van der Waals surface area contributed by atoms with Gasteiger partial charge >= 0.3 is 0 Å². The molecule has 6 heteroatoms. The molecule has 5 aromatic rings. The van der Waals surface area contributed by atoms with Crippen LogP contribution in [-0.4, -0.2) is 23.1 Å². The van der Waals surface area contributed by atoms with E-state index in [1.807, 2.05) is 31.3 Å². The molecule has 2 heterocycles. The molecule has 0 atom stereocenters. The third-order valence-electron chi connectivity index (χ3n) is 6.42. The molecule has 6 nitrogen and oxygen atoms in total. The number of hydrogen-bond acceptors (Lipinski definition) is 5. The van der Waals surface area contributed by atoms with Gasteiger partial charge in [-0.3, -0.25) is 4.98 Å². The number of aryl methyl sites for hydroxylation is 2. The summed E-state index contributed by atoms with van der Waals surface area (Å²) in [6.07, 6.45) is 3.67. The summed E-state index contributed by atoms with van der Waals surface area (Å²) in [6.45, 7) is 6.32. The third kappa shape index (κ3) is 5.04. The Labute approximate surface area is 211 Å². The van der Waals surface area contributed by atoms with E-state index in [2.05, 4.69) is 82.1 Å². The van der Waals surface area contributed by atoms with E-state index >= 15 is 0 Å². The fraction of sp³-hybridized carbons (Fsp3) is 0.167. The van der Waals surface area contributed by atoms with Crippen LogP contribution in [0.3, 0.4) is 0 Å². The van der Waals surface area contributed by atoms with Crippen LogP contribution in [0.25, 0.3) is 22.0 Å². The van der Waals surface area contributed by atoms with Crippen molar-refractivity contribution in [1.29, 1.82) is 0 Å². The molecule has 0 amide bonds. The molecule has 3 aromatic carbocycles. The van der Waals surface area contributed by atoms with Crippen LogP contribution in [0.5, 0.6) is 5.75 Å². The second-order valence-corrected chi connectivity index (χ2v) is 8.89. The van der Waals surface area contributed by atoms with Crippen LogP contribution in [-0.2, 0) is 6.54 Å². The fourth-order valence-electron chi connectivity index (χ4n) is 4.45. The van der Waals surface area contributed by atoms with Crippen molar-refractivity contribution in [3.63, 3.8) is 0 Å². The van der Waals surface area contributed by atoms with Crippen LogP contribution >= 0.6 is 0 Å². The van der Waals surface area contributed by atoms with Crippen LogP contribution in [0.2, 0.25) is 0 Å². The Morgan fingerprint density at radius 2 is 1.75 bits per heavy atom. The molecule has 0 aliphatic heterocycles. The fourth-order valence-corrected chi connectivity index (χ4v) is 4.45. The zero-order valence-corrected chi connectivity index (χ0v) is 20.6. The van der Waals surface area contributed by atoms with Gasteiger partial charge in [0.15, 0.2) is 0 Å². The van der Waals surface area contributed by atoms with Crippen molar-refractivity contribution in [2.24, 2.45) is 0 Å². The van der Waals surface area contributed by atoms with Gasteiger partial charge in [0.1, 0.15) is 12.4 Å². The highest BCUT2D eigenvalue weighted by Gasteiger charge is 2.15. The number of nitrogen functional groups attached to an aromatic ring is 1. The summed E-state index contributed by atoms with van der Waals surface area (Å²) in [7, 11) is 0. The number of rotatable bonds is 9. The molecule has 0 radical (unpaired) electrons. The summed E-state index contributed by atoms with van der Waals surface area (Å²) < 4.78 is 5.94. The highest BCUT2D eigenvalue weighted by molar-refractivity contribution is 5.94. The number of benzene rings is 3. The number of aromatic nitrogens is 2. The van der Waals surface area contributed by atoms with Gasteiger partial charge in [0.2, 0.25) is 0 Å². The van der Waals surface area contributed by atoms with Gasteiger partial charge in [0, 0.05) is 47.1 Å². The van der Waals surface area contributed by atoms with E-state index in [0.29, 0.717) is 12.3 Å². The number of ether oxygens (including phenoxy) is 1. The Morgan fingerprint density at radius 3 is 2.56 bits per heavy atom. The first-order valence-electron chi connectivity index (χ1n) is 12.2. The molecule has 5 N–H and O–H groups in total. The van der Waals surface area contributed by atoms with Gasteiger partial charge in [0.25, 0.3) is 0 Å². The zero-order valence-electron chi connectivity index (χ0n) is 20.6. The van der Waals surface area contributed by atoms with Gasteiger partial charge < -0.3 is 26.1 Å². The first-order chi connectivity index (χ1) is 17.6. The highest BCUT2D eigenvalue weighted by Crippen LogP contribution is 2.38. The zero-order chi connectivity index (χ0) is 24.9. The van der Waals surface area contributed by atoms with Gasteiger partial charge in [-0.15, -0.1) is 0 Å². The van der Waals surface area contributed by atoms with Crippen molar-refractivity contribution in [1.82, 2.24) is 15.3 Å². The Morgan fingerprint density at radius 1 is 0.944 bits per heavy atom. The minimum absolute atomic E-state index is 0.596. The number of nitrogens with zero attached hydrogens (tertiary/aromatic N) is 1. The molecule has 0 unspecified atom stereocenters. The Balaban J connectivity index is 1.29. The molecule has 0 aliphatic carbocycles.